The van der Waals surface area contributed by atoms with Gasteiger partial charge in [0.25, 0.3) is 0 Å². The highest BCUT2D eigenvalue weighted by molar-refractivity contribution is 9.10. The lowest BCUT2D eigenvalue weighted by Crippen LogP contribution is -2.49. The van der Waals surface area contributed by atoms with E-state index in [1.807, 2.05) is 11.3 Å². The van der Waals surface area contributed by atoms with Gasteiger partial charge >= 0.3 is 0 Å². The number of piperazine rings is 1. The van der Waals surface area contributed by atoms with Gasteiger partial charge in [-0.3, -0.25) is 9.80 Å². The smallest absolute Gasteiger partial charge is 0.0978 e. The first-order valence-electron chi connectivity index (χ1n) is 6.82. The van der Waals surface area contributed by atoms with E-state index in [2.05, 4.69) is 50.2 Å². The molecule has 0 N–H and O–H groups in total. The molecule has 1 aliphatic rings. The number of hydrogen-bond donors (Lipinski definition) is 0. The summed E-state index contributed by atoms with van der Waals surface area (Å²) in [4.78, 5) is 6.23. The zero-order valence-corrected chi connectivity index (χ0v) is 13.7. The van der Waals surface area contributed by atoms with Crippen LogP contribution in [0.3, 0.4) is 0 Å². The van der Waals surface area contributed by atoms with Crippen LogP contribution in [0.25, 0.3) is 0 Å². The van der Waals surface area contributed by atoms with Crippen LogP contribution in [0.5, 0.6) is 0 Å². The Morgan fingerprint density at radius 3 is 2.68 bits per heavy atom. The Morgan fingerprint density at radius 1 is 1.42 bits per heavy atom. The Labute approximate surface area is 127 Å². The molecule has 0 bridgehead atoms. The molecule has 0 aliphatic carbocycles. The van der Waals surface area contributed by atoms with Crippen LogP contribution in [0.4, 0.5) is 0 Å². The summed E-state index contributed by atoms with van der Waals surface area (Å²) in [6.45, 7) is 7.36. The predicted molar refractivity (Wildman–Crippen MR) is 83.2 cm³/mol. The molecule has 3 nitrogen and oxygen atoms in total. The number of hydrogen-bond acceptors (Lipinski definition) is 4. The minimum absolute atomic E-state index is 0.114. The third kappa shape index (κ3) is 4.28. The highest BCUT2D eigenvalue weighted by Gasteiger charge is 2.23. The minimum atomic E-state index is 0.114. The minimum Gasteiger partial charge on any atom is -0.296 e. The topological polar surface area (TPSA) is 30.3 Å². The average Bonchev–Trinajstić information content (AvgIpc) is 2.82. The zero-order chi connectivity index (χ0) is 13.7. The predicted octanol–water partition coefficient (Wildman–Crippen LogP) is 3.32. The summed E-state index contributed by atoms with van der Waals surface area (Å²) in [7, 11) is 0. The number of rotatable bonds is 5. The number of thiophene rings is 1. The molecule has 1 aromatic rings. The third-order valence-electron chi connectivity index (χ3n) is 3.56. The SMILES string of the molecule is CCCC(C#N)N1CCN(Cc2cc(Br)cs2)CC1. The van der Waals surface area contributed by atoms with Crippen LogP contribution < -0.4 is 0 Å². The molecule has 5 heteroatoms. The van der Waals surface area contributed by atoms with Crippen molar-refractivity contribution in [2.24, 2.45) is 0 Å². The van der Waals surface area contributed by atoms with Gasteiger partial charge in [-0.05, 0) is 28.4 Å². The Kier molecular flexibility index (Phi) is 5.83. The molecule has 1 saturated heterocycles. The Balaban J connectivity index is 1.80. The van der Waals surface area contributed by atoms with E-state index in [9.17, 15) is 5.26 Å². The fraction of sp³-hybridized carbons (Fsp3) is 0.643. The Hall–Kier alpha value is -0.410. The Morgan fingerprint density at radius 2 is 2.16 bits per heavy atom. The van der Waals surface area contributed by atoms with Gasteiger partial charge in [-0.1, -0.05) is 13.3 Å². The molecule has 2 rings (SSSR count). The molecule has 1 unspecified atom stereocenters. The van der Waals surface area contributed by atoms with Gasteiger partial charge < -0.3 is 0 Å². The highest BCUT2D eigenvalue weighted by atomic mass is 79.9. The fourth-order valence-electron chi connectivity index (χ4n) is 2.49. The van der Waals surface area contributed by atoms with Gasteiger partial charge in [-0.15, -0.1) is 11.3 Å². The van der Waals surface area contributed by atoms with E-state index in [1.54, 1.807) is 0 Å². The highest BCUT2D eigenvalue weighted by Crippen LogP contribution is 2.22. The van der Waals surface area contributed by atoms with Crippen LogP contribution in [0.2, 0.25) is 0 Å². The monoisotopic (exact) mass is 341 g/mol. The fourth-order valence-corrected chi connectivity index (χ4v) is 3.98. The molecule has 1 fully saturated rings. The quantitative estimate of drug-likeness (QED) is 0.822. The molecular weight excluding hydrogens is 322 g/mol. The molecule has 2 heterocycles. The van der Waals surface area contributed by atoms with Crippen LogP contribution in [0, 0.1) is 11.3 Å². The van der Waals surface area contributed by atoms with Gasteiger partial charge in [0.15, 0.2) is 0 Å². The van der Waals surface area contributed by atoms with Crippen LogP contribution >= 0.6 is 27.3 Å². The van der Waals surface area contributed by atoms with Crippen molar-refractivity contribution in [3.8, 4) is 6.07 Å². The molecule has 1 aliphatic heterocycles. The van der Waals surface area contributed by atoms with Crippen LogP contribution in [-0.2, 0) is 6.54 Å². The standard InChI is InChI=1S/C14H20BrN3S/c1-2-3-13(9-16)18-6-4-17(5-7-18)10-14-8-12(15)11-19-14/h8,11,13H,2-7,10H2,1H3. The van der Waals surface area contributed by atoms with E-state index in [1.165, 1.54) is 9.35 Å². The maximum absolute atomic E-state index is 9.20. The summed E-state index contributed by atoms with van der Waals surface area (Å²) in [6.07, 6.45) is 2.08. The van der Waals surface area contributed by atoms with Crippen molar-refractivity contribution in [2.75, 3.05) is 26.2 Å². The second kappa shape index (κ2) is 7.39. The van der Waals surface area contributed by atoms with Gasteiger partial charge in [0.05, 0.1) is 12.1 Å². The van der Waals surface area contributed by atoms with E-state index >= 15 is 0 Å². The second-order valence-electron chi connectivity index (χ2n) is 4.98. The number of nitrogens with zero attached hydrogens (tertiary/aromatic N) is 3. The molecule has 0 aromatic carbocycles. The zero-order valence-electron chi connectivity index (χ0n) is 11.3. The van der Waals surface area contributed by atoms with Crippen molar-refractivity contribution < 1.29 is 0 Å². The third-order valence-corrected chi connectivity index (χ3v) is 5.24. The molecule has 1 atom stereocenters. The first-order valence-corrected chi connectivity index (χ1v) is 8.49. The van der Waals surface area contributed by atoms with E-state index in [0.29, 0.717) is 0 Å². The number of halogens is 1. The van der Waals surface area contributed by atoms with Crippen molar-refractivity contribution in [3.05, 3.63) is 20.8 Å². The van der Waals surface area contributed by atoms with Crippen LogP contribution in [0.1, 0.15) is 24.6 Å². The van der Waals surface area contributed by atoms with E-state index in [-0.39, 0.29) is 6.04 Å². The second-order valence-corrected chi connectivity index (χ2v) is 6.89. The maximum Gasteiger partial charge on any atom is 0.0978 e. The normalized spacial score (nSPS) is 19.2. The van der Waals surface area contributed by atoms with Crippen LogP contribution in [-0.4, -0.2) is 42.0 Å². The first-order chi connectivity index (χ1) is 9.22. The van der Waals surface area contributed by atoms with Crippen LogP contribution in [0.15, 0.2) is 15.9 Å². The van der Waals surface area contributed by atoms with E-state index in [0.717, 1.165) is 45.6 Å². The molecular formula is C14H20BrN3S. The van der Waals surface area contributed by atoms with Gasteiger partial charge in [0, 0.05) is 47.5 Å². The van der Waals surface area contributed by atoms with Crippen molar-refractivity contribution in [1.29, 1.82) is 5.26 Å². The van der Waals surface area contributed by atoms with Gasteiger partial charge in [0.1, 0.15) is 0 Å². The molecule has 0 spiro atoms. The molecule has 0 amide bonds. The van der Waals surface area contributed by atoms with Gasteiger partial charge in [-0.25, -0.2) is 0 Å². The molecule has 0 radical (unpaired) electrons. The molecule has 0 saturated carbocycles. The van der Waals surface area contributed by atoms with E-state index < -0.39 is 0 Å². The van der Waals surface area contributed by atoms with Crippen molar-refractivity contribution in [1.82, 2.24) is 9.80 Å². The average molecular weight is 342 g/mol. The summed E-state index contributed by atoms with van der Waals surface area (Å²) in [5.74, 6) is 0. The molecule has 1 aromatic heterocycles. The van der Waals surface area contributed by atoms with Crippen molar-refractivity contribution in [2.45, 2.75) is 32.4 Å². The van der Waals surface area contributed by atoms with Gasteiger partial charge in [0.2, 0.25) is 0 Å². The largest absolute Gasteiger partial charge is 0.296 e. The summed E-state index contributed by atoms with van der Waals surface area (Å²) in [5.41, 5.74) is 0. The summed E-state index contributed by atoms with van der Waals surface area (Å²) in [6, 6.07) is 4.76. The van der Waals surface area contributed by atoms with E-state index in [4.69, 9.17) is 0 Å². The summed E-state index contributed by atoms with van der Waals surface area (Å²) >= 11 is 5.31. The summed E-state index contributed by atoms with van der Waals surface area (Å²) < 4.78 is 1.18. The van der Waals surface area contributed by atoms with Crippen molar-refractivity contribution in [3.63, 3.8) is 0 Å². The summed E-state index contributed by atoms with van der Waals surface area (Å²) in [5, 5.41) is 11.3. The Bertz CT molecular complexity index is 432. The number of nitriles is 1. The lowest BCUT2D eigenvalue weighted by molar-refractivity contribution is 0.107. The maximum atomic E-state index is 9.20. The first kappa shape index (κ1) is 15.0. The molecule has 104 valence electrons. The lowest BCUT2D eigenvalue weighted by atomic mass is 10.1. The lowest BCUT2D eigenvalue weighted by Gasteiger charge is -2.36. The van der Waals surface area contributed by atoms with Crippen molar-refractivity contribution >= 4 is 27.3 Å². The van der Waals surface area contributed by atoms with Gasteiger partial charge in [-0.2, -0.15) is 5.26 Å². The molecule has 19 heavy (non-hydrogen) atoms.